The number of aryl methyl sites for hydroxylation is 1. The summed E-state index contributed by atoms with van der Waals surface area (Å²) >= 11 is 0. The normalized spacial score (nSPS) is 9.62. The lowest BCUT2D eigenvalue weighted by molar-refractivity contribution is -0.142. The first-order valence-electron chi connectivity index (χ1n) is 4.93. The summed E-state index contributed by atoms with van der Waals surface area (Å²) in [6, 6.07) is 4.51. The maximum Gasteiger partial charge on any atom is 0.310 e. The molecule has 84 valence electrons. The molecule has 0 unspecified atom stereocenters. The predicted molar refractivity (Wildman–Crippen MR) is 56.2 cm³/mol. The fraction of sp³-hybridized carbons (Fsp3) is 0.333. The summed E-state index contributed by atoms with van der Waals surface area (Å²) in [5, 5.41) is 8.81. The van der Waals surface area contributed by atoms with Crippen LogP contribution in [0.25, 0.3) is 0 Å². The van der Waals surface area contributed by atoms with Crippen molar-refractivity contribution in [2.45, 2.75) is 20.3 Å². The fourth-order valence-corrected chi connectivity index (χ4v) is 1.36. The van der Waals surface area contributed by atoms with E-state index in [0.29, 0.717) is 17.7 Å². The van der Waals surface area contributed by atoms with E-state index in [9.17, 15) is 9.18 Å². The Labute approximate surface area is 93.5 Å². The second-order valence-corrected chi connectivity index (χ2v) is 3.35. The molecule has 4 heteroatoms. The highest BCUT2D eigenvalue weighted by Gasteiger charge is 2.11. The lowest BCUT2D eigenvalue weighted by Gasteiger charge is -2.06. The number of nitriles is 1. The molecule has 0 heterocycles. The van der Waals surface area contributed by atoms with Crippen LogP contribution in [-0.4, -0.2) is 12.6 Å². The summed E-state index contributed by atoms with van der Waals surface area (Å²) in [4.78, 5) is 11.3. The first-order chi connectivity index (χ1) is 7.58. The Morgan fingerprint density at radius 1 is 1.56 bits per heavy atom. The molecule has 1 rings (SSSR count). The quantitative estimate of drug-likeness (QED) is 0.734. The Hall–Kier alpha value is -1.89. The van der Waals surface area contributed by atoms with E-state index in [2.05, 4.69) is 0 Å². The number of rotatable bonds is 3. The number of hydrogen-bond donors (Lipinski definition) is 0. The first-order valence-corrected chi connectivity index (χ1v) is 4.93. The zero-order valence-corrected chi connectivity index (χ0v) is 9.21. The highest BCUT2D eigenvalue weighted by molar-refractivity contribution is 5.73. The number of esters is 1. The van der Waals surface area contributed by atoms with E-state index in [1.165, 1.54) is 6.07 Å². The van der Waals surface area contributed by atoms with Gasteiger partial charge in [0.05, 0.1) is 24.7 Å². The molecule has 0 aliphatic carbocycles. The van der Waals surface area contributed by atoms with Crippen LogP contribution >= 0.6 is 0 Å². The molecule has 1 aromatic rings. The van der Waals surface area contributed by atoms with Crippen LogP contribution in [0.5, 0.6) is 0 Å². The Morgan fingerprint density at radius 2 is 2.25 bits per heavy atom. The molecule has 0 amide bonds. The minimum Gasteiger partial charge on any atom is -0.466 e. The molecule has 0 radical (unpaired) electrons. The highest BCUT2D eigenvalue weighted by Crippen LogP contribution is 2.15. The second-order valence-electron chi connectivity index (χ2n) is 3.35. The van der Waals surface area contributed by atoms with Crippen molar-refractivity contribution in [2.24, 2.45) is 0 Å². The van der Waals surface area contributed by atoms with Gasteiger partial charge in [-0.2, -0.15) is 5.26 Å². The molecule has 3 nitrogen and oxygen atoms in total. The van der Waals surface area contributed by atoms with E-state index in [1.807, 2.05) is 6.07 Å². The Balaban J connectivity index is 3.00. The molecule has 0 fully saturated rings. The zero-order valence-electron chi connectivity index (χ0n) is 9.21. The molecule has 0 aliphatic rings. The number of ether oxygens (including phenoxy) is 1. The molecule has 0 aliphatic heterocycles. The van der Waals surface area contributed by atoms with Crippen LogP contribution in [0.2, 0.25) is 0 Å². The molecule has 0 atom stereocenters. The lowest BCUT2D eigenvalue weighted by atomic mass is 10.0. The zero-order chi connectivity index (χ0) is 12.1. The Kier molecular flexibility index (Phi) is 4.01. The number of carbonyl (C=O) groups is 1. The van der Waals surface area contributed by atoms with Crippen LogP contribution < -0.4 is 0 Å². The van der Waals surface area contributed by atoms with Crippen molar-refractivity contribution in [3.63, 3.8) is 0 Å². The van der Waals surface area contributed by atoms with Gasteiger partial charge in [-0.15, -0.1) is 0 Å². The summed E-state index contributed by atoms with van der Waals surface area (Å²) < 4.78 is 17.9. The van der Waals surface area contributed by atoms with Crippen molar-refractivity contribution in [1.29, 1.82) is 5.26 Å². The lowest BCUT2D eigenvalue weighted by Crippen LogP contribution is -2.09. The molecular formula is C12H12FNO2. The summed E-state index contributed by atoms with van der Waals surface area (Å²) in [6.45, 7) is 3.59. The number of hydrogen-bond acceptors (Lipinski definition) is 3. The average molecular weight is 221 g/mol. The molecule has 16 heavy (non-hydrogen) atoms. The third-order valence-corrected chi connectivity index (χ3v) is 2.15. The fourth-order valence-electron chi connectivity index (χ4n) is 1.36. The van der Waals surface area contributed by atoms with Crippen LogP contribution in [0.15, 0.2) is 12.1 Å². The second kappa shape index (κ2) is 5.26. The topological polar surface area (TPSA) is 50.1 Å². The Morgan fingerprint density at radius 3 is 2.81 bits per heavy atom. The van der Waals surface area contributed by atoms with Crippen LogP contribution in [0.1, 0.15) is 23.6 Å². The van der Waals surface area contributed by atoms with Crippen molar-refractivity contribution < 1.29 is 13.9 Å². The van der Waals surface area contributed by atoms with E-state index >= 15 is 0 Å². The molecule has 0 saturated heterocycles. The number of halogens is 1. The molecule has 0 N–H and O–H groups in total. The van der Waals surface area contributed by atoms with Crippen molar-refractivity contribution in [1.82, 2.24) is 0 Å². The van der Waals surface area contributed by atoms with E-state index < -0.39 is 11.8 Å². The molecule has 0 saturated carbocycles. The molecule has 0 spiro atoms. The molecular weight excluding hydrogens is 209 g/mol. The van der Waals surface area contributed by atoms with Crippen LogP contribution in [0.3, 0.4) is 0 Å². The number of nitrogens with zero attached hydrogens (tertiary/aromatic N) is 1. The molecule has 1 aromatic carbocycles. The minimum absolute atomic E-state index is 0.00213. The minimum atomic E-state index is -0.441. The SMILES string of the molecule is CCOC(=O)Cc1cc(C)c(F)cc1C#N. The summed E-state index contributed by atoms with van der Waals surface area (Å²) in [6.07, 6.45) is -0.00213. The standard InChI is InChI=1S/C12H12FNO2/c1-3-16-12(15)6-9-4-8(2)11(13)5-10(9)7-14/h4-5H,3,6H2,1-2H3. The van der Waals surface area contributed by atoms with Gasteiger partial charge >= 0.3 is 5.97 Å². The third kappa shape index (κ3) is 2.80. The van der Waals surface area contributed by atoms with Gasteiger partial charge in [0.1, 0.15) is 5.82 Å². The van der Waals surface area contributed by atoms with Gasteiger partial charge in [0.25, 0.3) is 0 Å². The maximum atomic E-state index is 13.2. The first kappa shape index (κ1) is 12.2. The van der Waals surface area contributed by atoms with Crippen molar-refractivity contribution in [2.75, 3.05) is 6.61 Å². The van der Waals surface area contributed by atoms with Crippen LogP contribution in [0.4, 0.5) is 4.39 Å². The van der Waals surface area contributed by atoms with Gasteiger partial charge in [0.2, 0.25) is 0 Å². The number of benzene rings is 1. The highest BCUT2D eigenvalue weighted by atomic mass is 19.1. The van der Waals surface area contributed by atoms with Crippen LogP contribution in [-0.2, 0) is 16.0 Å². The van der Waals surface area contributed by atoms with Gasteiger partial charge in [-0.25, -0.2) is 4.39 Å². The average Bonchev–Trinajstić information content (AvgIpc) is 2.23. The predicted octanol–water partition coefficient (Wildman–Crippen LogP) is 2.11. The van der Waals surface area contributed by atoms with Gasteiger partial charge in [-0.05, 0) is 31.0 Å². The monoisotopic (exact) mass is 221 g/mol. The van der Waals surface area contributed by atoms with Crippen molar-refractivity contribution in [3.8, 4) is 6.07 Å². The largest absolute Gasteiger partial charge is 0.466 e. The third-order valence-electron chi connectivity index (χ3n) is 2.15. The van der Waals surface area contributed by atoms with Crippen LogP contribution in [0, 0.1) is 24.1 Å². The van der Waals surface area contributed by atoms with E-state index in [0.717, 1.165) is 6.07 Å². The van der Waals surface area contributed by atoms with Gasteiger partial charge < -0.3 is 4.74 Å². The summed E-state index contributed by atoms with van der Waals surface area (Å²) in [5.74, 6) is -0.853. The van der Waals surface area contributed by atoms with E-state index in [-0.39, 0.29) is 12.0 Å². The van der Waals surface area contributed by atoms with E-state index in [1.54, 1.807) is 13.8 Å². The molecule has 0 bridgehead atoms. The van der Waals surface area contributed by atoms with Crippen molar-refractivity contribution in [3.05, 3.63) is 34.6 Å². The summed E-state index contributed by atoms with van der Waals surface area (Å²) in [5.41, 5.74) is 1.09. The van der Waals surface area contributed by atoms with Gasteiger partial charge in [-0.1, -0.05) is 6.07 Å². The van der Waals surface area contributed by atoms with Gasteiger partial charge in [0.15, 0.2) is 0 Å². The van der Waals surface area contributed by atoms with Crippen molar-refractivity contribution >= 4 is 5.97 Å². The van der Waals surface area contributed by atoms with Gasteiger partial charge in [-0.3, -0.25) is 4.79 Å². The van der Waals surface area contributed by atoms with Gasteiger partial charge in [0, 0.05) is 0 Å². The Bertz CT molecular complexity index is 449. The maximum absolute atomic E-state index is 13.2. The number of carbonyl (C=O) groups excluding carboxylic acids is 1. The van der Waals surface area contributed by atoms with E-state index in [4.69, 9.17) is 10.00 Å². The smallest absolute Gasteiger partial charge is 0.310 e. The molecule has 0 aromatic heterocycles. The summed E-state index contributed by atoms with van der Waals surface area (Å²) in [7, 11) is 0.